The van der Waals surface area contributed by atoms with E-state index in [0.29, 0.717) is 0 Å². The Kier molecular flexibility index (Phi) is 3.54. The number of anilines is 1. The standard InChI is InChI=1S/C18H19N3S/c1-13-5-7-14(8-6-13)15-11-22-17-16(15)19-12-20-18(17)21-9-3-2-4-10-21/h5-8,11-12H,2-4,9-10H2,1H3. The molecule has 0 unspecified atom stereocenters. The predicted octanol–water partition coefficient (Wildman–Crippen LogP) is 4.66. The highest BCUT2D eigenvalue weighted by molar-refractivity contribution is 7.18. The average molecular weight is 309 g/mol. The Hall–Kier alpha value is -1.94. The van der Waals surface area contributed by atoms with Crippen molar-refractivity contribution in [1.29, 1.82) is 0 Å². The average Bonchev–Trinajstić information content (AvgIpc) is 3.00. The lowest BCUT2D eigenvalue weighted by atomic mass is 10.1. The molecule has 1 aliphatic rings. The summed E-state index contributed by atoms with van der Waals surface area (Å²) in [6.45, 7) is 4.35. The second kappa shape index (κ2) is 5.69. The van der Waals surface area contributed by atoms with Crippen LogP contribution in [0.3, 0.4) is 0 Å². The van der Waals surface area contributed by atoms with E-state index >= 15 is 0 Å². The maximum atomic E-state index is 4.58. The van der Waals surface area contributed by atoms with Gasteiger partial charge in [-0.3, -0.25) is 0 Å². The third-order valence-electron chi connectivity index (χ3n) is 4.35. The van der Waals surface area contributed by atoms with Gasteiger partial charge in [0.1, 0.15) is 12.1 Å². The van der Waals surface area contributed by atoms with Gasteiger partial charge < -0.3 is 4.90 Å². The first-order valence-electron chi connectivity index (χ1n) is 7.87. The molecule has 0 spiro atoms. The first kappa shape index (κ1) is 13.7. The van der Waals surface area contributed by atoms with Crippen molar-refractivity contribution in [3.8, 4) is 11.1 Å². The van der Waals surface area contributed by atoms with Crippen molar-refractivity contribution >= 4 is 27.4 Å². The van der Waals surface area contributed by atoms with Crippen molar-refractivity contribution < 1.29 is 0 Å². The van der Waals surface area contributed by atoms with Crippen molar-refractivity contribution in [2.75, 3.05) is 18.0 Å². The molecule has 0 atom stereocenters. The smallest absolute Gasteiger partial charge is 0.150 e. The van der Waals surface area contributed by atoms with E-state index in [2.05, 4.69) is 51.4 Å². The molecule has 3 aromatic rings. The van der Waals surface area contributed by atoms with E-state index in [9.17, 15) is 0 Å². The molecule has 3 nitrogen and oxygen atoms in total. The molecule has 4 rings (SSSR count). The van der Waals surface area contributed by atoms with E-state index in [1.807, 2.05) is 0 Å². The highest BCUT2D eigenvalue weighted by atomic mass is 32.1. The van der Waals surface area contributed by atoms with Gasteiger partial charge in [-0.1, -0.05) is 29.8 Å². The molecule has 22 heavy (non-hydrogen) atoms. The molecule has 1 aromatic carbocycles. The van der Waals surface area contributed by atoms with Gasteiger partial charge in [0.15, 0.2) is 0 Å². The van der Waals surface area contributed by atoms with Gasteiger partial charge in [-0.2, -0.15) is 0 Å². The summed E-state index contributed by atoms with van der Waals surface area (Å²) < 4.78 is 1.22. The van der Waals surface area contributed by atoms with Crippen LogP contribution in [0.25, 0.3) is 21.3 Å². The van der Waals surface area contributed by atoms with Crippen molar-refractivity contribution in [3.63, 3.8) is 0 Å². The van der Waals surface area contributed by atoms with E-state index in [1.54, 1.807) is 17.7 Å². The zero-order valence-corrected chi connectivity index (χ0v) is 13.6. The predicted molar refractivity (Wildman–Crippen MR) is 93.7 cm³/mol. The highest BCUT2D eigenvalue weighted by Gasteiger charge is 2.18. The number of aromatic nitrogens is 2. The van der Waals surface area contributed by atoms with Crippen LogP contribution in [0.2, 0.25) is 0 Å². The third-order valence-corrected chi connectivity index (χ3v) is 5.32. The van der Waals surface area contributed by atoms with Crippen molar-refractivity contribution in [1.82, 2.24) is 9.97 Å². The van der Waals surface area contributed by atoms with Crippen LogP contribution in [0.15, 0.2) is 36.0 Å². The maximum Gasteiger partial charge on any atom is 0.150 e. The van der Waals surface area contributed by atoms with Crippen molar-refractivity contribution in [2.24, 2.45) is 0 Å². The fraction of sp³-hybridized carbons (Fsp3) is 0.333. The molecule has 1 saturated heterocycles. The molecule has 1 fully saturated rings. The summed E-state index contributed by atoms with van der Waals surface area (Å²) in [6, 6.07) is 8.68. The molecule has 0 aliphatic carbocycles. The maximum absolute atomic E-state index is 4.58. The van der Waals surface area contributed by atoms with Crippen LogP contribution >= 0.6 is 11.3 Å². The van der Waals surface area contributed by atoms with Crippen LogP contribution in [0.5, 0.6) is 0 Å². The summed E-state index contributed by atoms with van der Waals surface area (Å²) in [5.74, 6) is 1.12. The first-order valence-corrected chi connectivity index (χ1v) is 8.75. The van der Waals surface area contributed by atoms with Crippen LogP contribution in [0.1, 0.15) is 24.8 Å². The summed E-state index contributed by atoms with van der Waals surface area (Å²) in [7, 11) is 0. The molecule has 0 amide bonds. The Morgan fingerprint density at radius 1 is 1.00 bits per heavy atom. The Balaban J connectivity index is 1.80. The molecule has 4 heteroatoms. The molecule has 2 aromatic heterocycles. The summed E-state index contributed by atoms with van der Waals surface area (Å²) in [5, 5.41) is 2.22. The molecule has 0 N–H and O–H groups in total. The molecule has 0 radical (unpaired) electrons. The van der Waals surface area contributed by atoms with Crippen LogP contribution in [-0.2, 0) is 0 Å². The lowest BCUT2D eigenvalue weighted by Gasteiger charge is -2.27. The highest BCUT2D eigenvalue weighted by Crippen LogP contribution is 2.37. The quantitative estimate of drug-likeness (QED) is 0.689. The van der Waals surface area contributed by atoms with E-state index in [-0.39, 0.29) is 0 Å². The van der Waals surface area contributed by atoms with Gasteiger partial charge in [0.05, 0.1) is 10.2 Å². The minimum atomic E-state index is 1.09. The van der Waals surface area contributed by atoms with Crippen molar-refractivity contribution in [2.45, 2.75) is 26.2 Å². The number of rotatable bonds is 2. The number of hydrogen-bond donors (Lipinski definition) is 0. The number of benzene rings is 1. The number of thiophene rings is 1. The molecular formula is C18H19N3S. The zero-order valence-electron chi connectivity index (χ0n) is 12.7. The Labute approximate surface area is 134 Å². The third kappa shape index (κ3) is 2.37. The fourth-order valence-electron chi connectivity index (χ4n) is 3.11. The molecule has 112 valence electrons. The lowest BCUT2D eigenvalue weighted by Crippen LogP contribution is -2.30. The van der Waals surface area contributed by atoms with E-state index < -0.39 is 0 Å². The largest absolute Gasteiger partial charge is 0.355 e. The first-order chi connectivity index (χ1) is 10.8. The van der Waals surface area contributed by atoms with Gasteiger partial charge in [0.25, 0.3) is 0 Å². The number of piperidine rings is 1. The van der Waals surface area contributed by atoms with Gasteiger partial charge in [-0.05, 0) is 31.7 Å². The van der Waals surface area contributed by atoms with Crippen LogP contribution in [0.4, 0.5) is 5.82 Å². The van der Waals surface area contributed by atoms with E-state index in [1.165, 1.54) is 40.7 Å². The van der Waals surface area contributed by atoms with Gasteiger partial charge in [0, 0.05) is 24.0 Å². The molecule has 3 heterocycles. The van der Waals surface area contributed by atoms with Crippen LogP contribution in [-0.4, -0.2) is 23.1 Å². The summed E-state index contributed by atoms with van der Waals surface area (Å²) >= 11 is 1.77. The molecule has 1 aliphatic heterocycles. The topological polar surface area (TPSA) is 29.0 Å². The second-order valence-corrected chi connectivity index (χ2v) is 6.82. The Morgan fingerprint density at radius 3 is 2.55 bits per heavy atom. The normalized spacial score (nSPS) is 15.4. The fourth-order valence-corrected chi connectivity index (χ4v) is 4.15. The molecule has 0 saturated carbocycles. The second-order valence-electron chi connectivity index (χ2n) is 5.94. The number of nitrogens with zero attached hydrogens (tertiary/aromatic N) is 3. The summed E-state index contributed by atoms with van der Waals surface area (Å²) in [6.07, 6.45) is 5.59. The summed E-state index contributed by atoms with van der Waals surface area (Å²) in [4.78, 5) is 11.6. The number of aryl methyl sites for hydroxylation is 1. The molecule has 0 bridgehead atoms. The Bertz CT molecular complexity index is 786. The van der Waals surface area contributed by atoms with Gasteiger partial charge in [-0.15, -0.1) is 11.3 Å². The summed E-state index contributed by atoms with van der Waals surface area (Å²) in [5.41, 5.74) is 4.83. The lowest BCUT2D eigenvalue weighted by molar-refractivity contribution is 0.575. The SMILES string of the molecule is Cc1ccc(-c2csc3c(N4CCCCC4)ncnc23)cc1. The Morgan fingerprint density at radius 2 is 1.77 bits per heavy atom. The van der Waals surface area contributed by atoms with Crippen LogP contribution < -0.4 is 4.90 Å². The minimum absolute atomic E-state index is 1.09. The monoisotopic (exact) mass is 309 g/mol. The molecular weight excluding hydrogens is 290 g/mol. The van der Waals surface area contributed by atoms with Gasteiger partial charge >= 0.3 is 0 Å². The number of hydrogen-bond acceptors (Lipinski definition) is 4. The van der Waals surface area contributed by atoms with Gasteiger partial charge in [0.2, 0.25) is 0 Å². The van der Waals surface area contributed by atoms with E-state index in [4.69, 9.17) is 0 Å². The van der Waals surface area contributed by atoms with Gasteiger partial charge in [-0.25, -0.2) is 9.97 Å². The number of fused-ring (bicyclic) bond motifs is 1. The van der Waals surface area contributed by atoms with Crippen LogP contribution in [0, 0.1) is 6.92 Å². The van der Waals surface area contributed by atoms with Crippen molar-refractivity contribution in [3.05, 3.63) is 41.5 Å². The zero-order chi connectivity index (χ0) is 14.9. The van der Waals surface area contributed by atoms with E-state index in [0.717, 1.165) is 24.4 Å². The minimum Gasteiger partial charge on any atom is -0.355 e.